The third-order valence-corrected chi connectivity index (χ3v) is 4.19. The number of benzene rings is 1. The van der Waals surface area contributed by atoms with Crippen LogP contribution < -0.4 is 5.32 Å². The average molecular weight is 233 g/mol. The van der Waals surface area contributed by atoms with Crippen LogP contribution in [0, 0.1) is 34.6 Å². The van der Waals surface area contributed by atoms with E-state index in [9.17, 15) is 0 Å². The fourth-order valence-corrected chi connectivity index (χ4v) is 2.64. The molecular formula is C16H27N. The zero-order valence-electron chi connectivity index (χ0n) is 12.5. The van der Waals surface area contributed by atoms with Gasteiger partial charge in [-0.2, -0.15) is 0 Å². The van der Waals surface area contributed by atoms with E-state index in [0.717, 1.165) is 6.54 Å². The molecule has 1 nitrogen and oxygen atoms in total. The highest BCUT2D eigenvalue weighted by atomic mass is 14.9. The van der Waals surface area contributed by atoms with Gasteiger partial charge in [-0.05, 0) is 87.9 Å². The van der Waals surface area contributed by atoms with E-state index in [1.165, 1.54) is 39.8 Å². The van der Waals surface area contributed by atoms with E-state index in [-0.39, 0.29) is 0 Å². The Kier molecular flexibility index (Phi) is 4.76. The molecule has 17 heavy (non-hydrogen) atoms. The maximum atomic E-state index is 3.60. The molecule has 1 N–H and O–H groups in total. The molecule has 0 spiro atoms. The largest absolute Gasteiger partial charge is 0.310 e. The molecule has 0 saturated carbocycles. The van der Waals surface area contributed by atoms with Crippen LogP contribution in [0.5, 0.6) is 0 Å². The van der Waals surface area contributed by atoms with Gasteiger partial charge in [0.2, 0.25) is 0 Å². The Balaban J connectivity index is 3.24. The van der Waals surface area contributed by atoms with E-state index in [1.807, 2.05) is 0 Å². The maximum Gasteiger partial charge on any atom is 0.0297 e. The molecule has 1 unspecified atom stereocenters. The van der Waals surface area contributed by atoms with E-state index >= 15 is 0 Å². The molecule has 0 radical (unpaired) electrons. The van der Waals surface area contributed by atoms with E-state index < -0.39 is 0 Å². The summed E-state index contributed by atoms with van der Waals surface area (Å²) in [4.78, 5) is 0. The molecule has 0 saturated heterocycles. The fourth-order valence-electron chi connectivity index (χ4n) is 2.64. The Morgan fingerprint density at radius 3 is 1.65 bits per heavy atom. The van der Waals surface area contributed by atoms with Gasteiger partial charge in [0.05, 0.1) is 0 Å². The van der Waals surface area contributed by atoms with Crippen molar-refractivity contribution in [1.29, 1.82) is 0 Å². The van der Waals surface area contributed by atoms with Crippen molar-refractivity contribution in [3.05, 3.63) is 33.4 Å². The van der Waals surface area contributed by atoms with Gasteiger partial charge >= 0.3 is 0 Å². The molecule has 1 rings (SSSR count). The van der Waals surface area contributed by atoms with Crippen LogP contribution in [0.3, 0.4) is 0 Å². The smallest absolute Gasteiger partial charge is 0.0297 e. The highest BCUT2D eigenvalue weighted by Crippen LogP contribution is 2.30. The van der Waals surface area contributed by atoms with Crippen molar-refractivity contribution in [3.8, 4) is 0 Å². The highest BCUT2D eigenvalue weighted by molar-refractivity contribution is 5.50. The Morgan fingerprint density at radius 2 is 1.24 bits per heavy atom. The van der Waals surface area contributed by atoms with Crippen LogP contribution in [-0.4, -0.2) is 6.54 Å². The zero-order valence-corrected chi connectivity index (χ0v) is 12.5. The van der Waals surface area contributed by atoms with E-state index in [2.05, 4.69) is 53.8 Å². The van der Waals surface area contributed by atoms with E-state index in [4.69, 9.17) is 0 Å². The lowest BCUT2D eigenvalue weighted by Gasteiger charge is -2.24. The molecule has 1 aromatic carbocycles. The van der Waals surface area contributed by atoms with Gasteiger partial charge in [0.15, 0.2) is 0 Å². The van der Waals surface area contributed by atoms with Gasteiger partial charge in [-0.15, -0.1) is 0 Å². The second kappa shape index (κ2) is 5.68. The molecule has 0 bridgehead atoms. The van der Waals surface area contributed by atoms with Crippen LogP contribution in [0.2, 0.25) is 0 Å². The maximum absolute atomic E-state index is 3.60. The summed E-state index contributed by atoms with van der Waals surface area (Å²) in [6.07, 6.45) is 1.19. The molecule has 0 fully saturated rings. The van der Waals surface area contributed by atoms with Gasteiger partial charge in [0, 0.05) is 6.04 Å². The molecular weight excluding hydrogens is 206 g/mol. The van der Waals surface area contributed by atoms with Crippen molar-refractivity contribution < 1.29 is 0 Å². The van der Waals surface area contributed by atoms with Crippen LogP contribution >= 0.6 is 0 Å². The summed E-state index contributed by atoms with van der Waals surface area (Å²) in [5.74, 6) is 0. The van der Waals surface area contributed by atoms with Crippen molar-refractivity contribution in [2.75, 3.05) is 6.54 Å². The first-order chi connectivity index (χ1) is 7.91. The molecule has 0 aliphatic heterocycles. The highest BCUT2D eigenvalue weighted by Gasteiger charge is 2.16. The minimum absolute atomic E-state index is 0.452. The van der Waals surface area contributed by atoms with Gasteiger partial charge < -0.3 is 5.32 Å². The second-order valence-corrected chi connectivity index (χ2v) is 5.21. The zero-order chi connectivity index (χ0) is 13.2. The van der Waals surface area contributed by atoms with Crippen LogP contribution in [0.4, 0.5) is 0 Å². The van der Waals surface area contributed by atoms with Crippen LogP contribution in [-0.2, 0) is 0 Å². The molecule has 0 aliphatic carbocycles. The molecule has 96 valence electrons. The monoisotopic (exact) mass is 233 g/mol. The molecule has 0 aliphatic rings. The Morgan fingerprint density at radius 1 is 0.824 bits per heavy atom. The summed E-state index contributed by atoms with van der Waals surface area (Å²) in [6, 6.07) is 0.452. The van der Waals surface area contributed by atoms with E-state index in [0.29, 0.717) is 6.04 Å². The lowest BCUT2D eigenvalue weighted by molar-refractivity contribution is 0.565. The van der Waals surface area contributed by atoms with Crippen molar-refractivity contribution in [2.45, 2.75) is 60.9 Å². The summed E-state index contributed by atoms with van der Waals surface area (Å²) in [5.41, 5.74) is 8.77. The number of nitrogens with one attached hydrogen (secondary N) is 1. The Labute approximate surface area is 107 Å². The number of hydrogen-bond acceptors (Lipinski definition) is 1. The minimum atomic E-state index is 0.452. The average Bonchev–Trinajstić information content (AvgIpc) is 2.31. The SMILES string of the molecule is CCCNC(C)c1c(C)c(C)c(C)c(C)c1C. The molecule has 0 amide bonds. The number of rotatable bonds is 4. The number of hydrogen-bond donors (Lipinski definition) is 1. The summed E-state index contributed by atoms with van der Waals surface area (Å²) in [7, 11) is 0. The first kappa shape index (κ1) is 14.2. The van der Waals surface area contributed by atoms with Crippen molar-refractivity contribution >= 4 is 0 Å². The predicted octanol–water partition coefficient (Wildman–Crippen LogP) is 4.29. The third kappa shape index (κ3) is 2.71. The van der Waals surface area contributed by atoms with Crippen molar-refractivity contribution in [1.82, 2.24) is 5.32 Å². The fraction of sp³-hybridized carbons (Fsp3) is 0.625. The van der Waals surface area contributed by atoms with Gasteiger partial charge in [-0.1, -0.05) is 6.92 Å². The van der Waals surface area contributed by atoms with E-state index in [1.54, 1.807) is 0 Å². The minimum Gasteiger partial charge on any atom is -0.310 e. The molecule has 1 atom stereocenters. The van der Waals surface area contributed by atoms with Crippen LogP contribution in [0.25, 0.3) is 0 Å². The summed E-state index contributed by atoms with van der Waals surface area (Å²) in [5, 5.41) is 3.60. The molecule has 1 aromatic rings. The van der Waals surface area contributed by atoms with Crippen LogP contribution in [0.15, 0.2) is 0 Å². The van der Waals surface area contributed by atoms with Gasteiger partial charge in [0.25, 0.3) is 0 Å². The Hall–Kier alpha value is -0.820. The topological polar surface area (TPSA) is 12.0 Å². The third-order valence-electron chi connectivity index (χ3n) is 4.19. The van der Waals surface area contributed by atoms with Crippen molar-refractivity contribution in [2.24, 2.45) is 0 Å². The summed E-state index contributed by atoms with van der Waals surface area (Å²) < 4.78 is 0. The van der Waals surface area contributed by atoms with Crippen molar-refractivity contribution in [3.63, 3.8) is 0 Å². The van der Waals surface area contributed by atoms with Crippen LogP contribution in [0.1, 0.15) is 59.7 Å². The van der Waals surface area contributed by atoms with Gasteiger partial charge in [-0.3, -0.25) is 0 Å². The molecule has 1 heteroatoms. The predicted molar refractivity (Wildman–Crippen MR) is 76.8 cm³/mol. The quantitative estimate of drug-likeness (QED) is 0.818. The standard InChI is InChI=1S/C16H27N/c1-8-9-17-15(7)16-13(5)11(3)10(2)12(4)14(16)6/h15,17H,8-9H2,1-7H3. The lowest BCUT2D eigenvalue weighted by Crippen LogP contribution is -2.22. The molecule has 0 aromatic heterocycles. The summed E-state index contributed by atoms with van der Waals surface area (Å²) in [6.45, 7) is 16.8. The molecule has 0 heterocycles. The second-order valence-electron chi connectivity index (χ2n) is 5.21. The first-order valence-corrected chi connectivity index (χ1v) is 6.72. The Bertz CT molecular complexity index is 375. The first-order valence-electron chi connectivity index (χ1n) is 6.72. The van der Waals surface area contributed by atoms with Gasteiger partial charge in [-0.25, -0.2) is 0 Å². The van der Waals surface area contributed by atoms with Gasteiger partial charge in [0.1, 0.15) is 0 Å². The summed E-state index contributed by atoms with van der Waals surface area (Å²) >= 11 is 0. The lowest BCUT2D eigenvalue weighted by atomic mass is 9.87. The normalized spacial score (nSPS) is 12.9.